The van der Waals surface area contributed by atoms with Crippen molar-refractivity contribution in [3.05, 3.63) is 0 Å². The molecule has 0 N–H and O–H groups in total. The van der Waals surface area contributed by atoms with Crippen molar-refractivity contribution in [1.82, 2.24) is 0 Å². The molecule has 0 nitrogen and oxygen atoms in total. The van der Waals surface area contributed by atoms with E-state index in [1.165, 1.54) is 29.7 Å². The third kappa shape index (κ3) is 11.4. The molecular formula is C3H7ClZn. The maximum absolute atomic E-state index is 2.21. The van der Waals surface area contributed by atoms with E-state index in [1.54, 1.807) is 0 Å². The van der Waals surface area contributed by atoms with E-state index in [1.807, 2.05) is 0 Å². The molecule has 0 saturated carbocycles. The minimum absolute atomic E-state index is 0. The molecule has 0 heterocycles. The summed E-state index contributed by atoms with van der Waals surface area (Å²) >= 11 is 1.47. The van der Waals surface area contributed by atoms with Crippen LogP contribution in [0.15, 0.2) is 0 Å². The van der Waals surface area contributed by atoms with Gasteiger partial charge in [0.15, 0.2) is 0 Å². The van der Waals surface area contributed by atoms with Crippen molar-refractivity contribution >= 4 is 0 Å². The zero-order valence-corrected chi connectivity index (χ0v) is 7.22. The first-order valence-electron chi connectivity index (χ1n) is 1.71. The van der Waals surface area contributed by atoms with Crippen LogP contribution in [-0.4, -0.2) is 0 Å². The van der Waals surface area contributed by atoms with Gasteiger partial charge in [0, 0.05) is 0 Å². The van der Waals surface area contributed by atoms with Crippen LogP contribution in [-0.2, 0) is 18.3 Å². The summed E-state index contributed by atoms with van der Waals surface area (Å²) in [7, 11) is 0. The molecule has 0 aromatic carbocycles. The van der Waals surface area contributed by atoms with E-state index in [-0.39, 0.29) is 12.4 Å². The van der Waals surface area contributed by atoms with Crippen LogP contribution in [0.5, 0.6) is 0 Å². The van der Waals surface area contributed by atoms with Crippen LogP contribution in [0.4, 0.5) is 0 Å². The van der Waals surface area contributed by atoms with Gasteiger partial charge < -0.3 is 12.4 Å². The Labute approximate surface area is 49.4 Å². The molecule has 0 radical (unpaired) electrons. The Hall–Kier alpha value is 0.913. The molecule has 0 atom stereocenters. The second kappa shape index (κ2) is 8.87. The Balaban J connectivity index is 0. The second-order valence-electron chi connectivity index (χ2n) is 0.854. The molecular weight excluding hydrogens is 137 g/mol. The van der Waals surface area contributed by atoms with E-state index < -0.39 is 0 Å². The molecule has 0 saturated heterocycles. The number of hydrogen-bond donors (Lipinski definition) is 0. The van der Waals surface area contributed by atoms with Gasteiger partial charge in [-0.05, 0) is 0 Å². The number of halogens is 1. The minimum Gasteiger partial charge on any atom is -1.00 e. The van der Waals surface area contributed by atoms with Gasteiger partial charge in [0.1, 0.15) is 0 Å². The molecule has 0 aromatic rings. The van der Waals surface area contributed by atoms with Gasteiger partial charge in [-0.3, -0.25) is 0 Å². The van der Waals surface area contributed by atoms with Gasteiger partial charge in [0.05, 0.1) is 0 Å². The topological polar surface area (TPSA) is 0 Å². The molecule has 5 heavy (non-hydrogen) atoms. The first-order valence-corrected chi connectivity index (χ1v) is 3.81. The van der Waals surface area contributed by atoms with Crippen molar-refractivity contribution < 1.29 is 30.7 Å². The van der Waals surface area contributed by atoms with Gasteiger partial charge in [0.2, 0.25) is 0 Å². The maximum Gasteiger partial charge on any atom is -1.00 e. The molecule has 0 rings (SSSR count). The summed E-state index contributed by atoms with van der Waals surface area (Å²) in [5.41, 5.74) is 0. The van der Waals surface area contributed by atoms with Crippen molar-refractivity contribution in [2.45, 2.75) is 18.4 Å². The zero-order valence-electron chi connectivity index (χ0n) is 3.50. The van der Waals surface area contributed by atoms with Crippen LogP contribution in [0.25, 0.3) is 0 Å². The summed E-state index contributed by atoms with van der Waals surface area (Å²) in [5, 5.41) is 1.44. The van der Waals surface area contributed by atoms with E-state index in [0.29, 0.717) is 0 Å². The smallest absolute Gasteiger partial charge is 1.00 e. The Morgan fingerprint density at radius 2 is 1.80 bits per heavy atom. The number of rotatable bonds is 1. The van der Waals surface area contributed by atoms with E-state index in [0.717, 1.165) is 0 Å². The molecule has 0 aromatic heterocycles. The average Bonchev–Trinajstić information content (AvgIpc) is 1.37. The third-order valence-electron chi connectivity index (χ3n) is 0.354. The van der Waals surface area contributed by atoms with Crippen molar-refractivity contribution in [3.8, 4) is 0 Å². The van der Waals surface area contributed by atoms with Gasteiger partial charge in [-0.25, -0.2) is 0 Å². The van der Waals surface area contributed by atoms with E-state index in [9.17, 15) is 0 Å². The molecule has 0 aliphatic carbocycles. The van der Waals surface area contributed by atoms with E-state index in [4.69, 9.17) is 0 Å². The van der Waals surface area contributed by atoms with E-state index in [2.05, 4.69) is 6.92 Å². The first kappa shape index (κ1) is 9.32. The Morgan fingerprint density at radius 3 is 1.80 bits per heavy atom. The Bertz CT molecular complexity index is 8.85. The fraction of sp³-hybridized carbons (Fsp3) is 1.00. The van der Waals surface area contributed by atoms with Crippen molar-refractivity contribution in [2.24, 2.45) is 0 Å². The van der Waals surface area contributed by atoms with Crippen LogP contribution >= 0.6 is 0 Å². The summed E-state index contributed by atoms with van der Waals surface area (Å²) in [5.74, 6) is 0. The fourth-order valence-electron chi connectivity index (χ4n) is 0. The predicted molar refractivity (Wildman–Crippen MR) is 15.1 cm³/mol. The zero-order chi connectivity index (χ0) is 3.41. The molecule has 0 fully saturated rings. The van der Waals surface area contributed by atoms with Crippen LogP contribution in [0.3, 0.4) is 0 Å². The maximum atomic E-state index is 2.21. The molecule has 0 spiro atoms. The Morgan fingerprint density at radius 1 is 1.60 bits per heavy atom. The van der Waals surface area contributed by atoms with Crippen molar-refractivity contribution in [3.63, 3.8) is 0 Å². The average molecular weight is 144 g/mol. The minimum atomic E-state index is 0. The van der Waals surface area contributed by atoms with Gasteiger partial charge in [-0.2, -0.15) is 0 Å². The predicted octanol–water partition coefficient (Wildman–Crippen LogP) is -1.63. The normalized spacial score (nSPS) is 6.20. The van der Waals surface area contributed by atoms with Crippen LogP contribution in [0.2, 0.25) is 5.02 Å². The summed E-state index contributed by atoms with van der Waals surface area (Å²) in [6.07, 6.45) is 1.38. The summed E-state index contributed by atoms with van der Waals surface area (Å²) in [6.45, 7) is 2.21. The third-order valence-corrected chi connectivity index (χ3v) is 1.84. The molecule has 0 aliphatic heterocycles. The monoisotopic (exact) mass is 142 g/mol. The summed E-state index contributed by atoms with van der Waals surface area (Å²) in [6, 6.07) is 0. The fourth-order valence-corrected chi connectivity index (χ4v) is 0. The standard InChI is InChI=1S/C3H7.ClH.Zn/c1-3-2;;/h1,3H2,2H3;1H;/q;;+1/p-1. The molecule has 0 unspecified atom stereocenters. The van der Waals surface area contributed by atoms with Crippen LogP contribution in [0, 0.1) is 0 Å². The van der Waals surface area contributed by atoms with E-state index >= 15 is 0 Å². The van der Waals surface area contributed by atoms with Crippen LogP contribution < -0.4 is 12.4 Å². The molecule has 28 valence electrons. The van der Waals surface area contributed by atoms with Crippen LogP contribution in [0.1, 0.15) is 13.3 Å². The molecule has 2 heteroatoms. The number of hydrogen-bond acceptors (Lipinski definition) is 0. The Kier molecular flexibility index (Phi) is 16.5. The summed E-state index contributed by atoms with van der Waals surface area (Å²) < 4.78 is 0. The van der Waals surface area contributed by atoms with Crippen molar-refractivity contribution in [1.29, 1.82) is 0 Å². The van der Waals surface area contributed by atoms with Crippen molar-refractivity contribution in [2.75, 3.05) is 0 Å². The SMILES string of the molecule is CC[CH2][Zn+].[Cl-]. The quantitative estimate of drug-likeness (QED) is 0.387. The largest absolute Gasteiger partial charge is 1.00 e. The molecule has 0 bridgehead atoms. The van der Waals surface area contributed by atoms with Gasteiger partial charge >= 0.3 is 36.7 Å². The van der Waals surface area contributed by atoms with Gasteiger partial charge in [-0.15, -0.1) is 0 Å². The van der Waals surface area contributed by atoms with Gasteiger partial charge in [0.25, 0.3) is 0 Å². The molecule has 0 aliphatic rings. The second-order valence-corrected chi connectivity index (χ2v) is 2.34. The molecule has 0 amide bonds. The van der Waals surface area contributed by atoms with Gasteiger partial charge in [-0.1, -0.05) is 0 Å². The first-order chi connectivity index (χ1) is 1.91. The summed E-state index contributed by atoms with van der Waals surface area (Å²) in [4.78, 5) is 0.